The number of rotatable bonds is 1. The fraction of sp³-hybridized carbons (Fsp3) is 0.231. The van der Waals surface area contributed by atoms with E-state index in [9.17, 15) is 0 Å². The van der Waals surface area contributed by atoms with Crippen molar-refractivity contribution in [3.05, 3.63) is 48.0 Å². The van der Waals surface area contributed by atoms with Crippen LogP contribution in [0.1, 0.15) is 11.9 Å². The van der Waals surface area contributed by atoms with E-state index >= 15 is 0 Å². The molecule has 0 atom stereocenters. The molecular weight excluding hydrogens is 199 g/mol. The number of benzene rings is 2. The van der Waals surface area contributed by atoms with Gasteiger partial charge in [-0.05, 0) is 10.8 Å². The van der Waals surface area contributed by atoms with Crippen LogP contribution in [-0.4, -0.2) is 20.3 Å². The fourth-order valence-corrected chi connectivity index (χ4v) is 2.04. The third kappa shape index (κ3) is 1.73. The summed E-state index contributed by atoms with van der Waals surface area (Å²) in [6.45, 7) is 1.32. The summed E-state index contributed by atoms with van der Waals surface area (Å²) in [4.78, 5) is 0. The fourth-order valence-electron chi connectivity index (χ4n) is 2.04. The molecule has 1 saturated heterocycles. The first-order valence-electron chi connectivity index (χ1n) is 5.48. The van der Waals surface area contributed by atoms with E-state index in [4.69, 9.17) is 9.47 Å². The van der Waals surface area contributed by atoms with E-state index in [2.05, 4.69) is 24.3 Å². The monoisotopic (exact) mass is 211 g/mol. The second-order valence-electron chi connectivity index (χ2n) is 3.86. The van der Waals surface area contributed by atoms with Crippen LogP contribution in [0.3, 0.4) is 0 Å². The number of ether oxygens (including phenoxy) is 2. The molecule has 0 aromatic heterocycles. The van der Waals surface area contributed by atoms with Crippen LogP contribution in [-0.2, 0) is 9.47 Å². The molecule has 3 heteroatoms. The van der Waals surface area contributed by atoms with E-state index in [0.717, 1.165) is 5.56 Å². The first kappa shape index (κ1) is 9.88. The van der Waals surface area contributed by atoms with Gasteiger partial charge >= 0.3 is 0 Å². The average molecular weight is 211 g/mol. The molecule has 2 nitrogen and oxygen atoms in total. The van der Waals surface area contributed by atoms with Gasteiger partial charge in [-0.2, -0.15) is 0 Å². The molecule has 0 aliphatic carbocycles. The summed E-state index contributed by atoms with van der Waals surface area (Å²) >= 11 is 0. The minimum atomic E-state index is -0.226. The third-order valence-electron chi connectivity index (χ3n) is 2.81. The molecule has 3 rings (SSSR count). The van der Waals surface area contributed by atoms with Crippen molar-refractivity contribution >= 4 is 18.1 Å². The summed E-state index contributed by atoms with van der Waals surface area (Å²) in [7, 11) is 1.99. The van der Waals surface area contributed by atoms with E-state index in [1.54, 1.807) is 0 Å². The molecule has 0 N–H and O–H groups in total. The summed E-state index contributed by atoms with van der Waals surface area (Å²) in [5.41, 5.74) is 1.12. The van der Waals surface area contributed by atoms with Crippen molar-refractivity contribution in [3.63, 3.8) is 0 Å². The summed E-state index contributed by atoms with van der Waals surface area (Å²) in [6, 6.07) is 14.5. The van der Waals surface area contributed by atoms with Crippen LogP contribution in [0.2, 0.25) is 0 Å². The van der Waals surface area contributed by atoms with E-state index in [1.165, 1.54) is 10.8 Å². The Bertz CT molecular complexity index is 487. The lowest BCUT2D eigenvalue weighted by Gasteiger charge is -2.24. The Kier molecular flexibility index (Phi) is 2.64. The molecular formula is C13H12BO2. The van der Waals surface area contributed by atoms with E-state index in [0.29, 0.717) is 13.0 Å². The lowest BCUT2D eigenvalue weighted by atomic mass is 9.81. The molecule has 2 aromatic carbocycles. The molecule has 2 aromatic rings. The Hall–Kier alpha value is -1.32. The Morgan fingerprint density at radius 2 is 1.69 bits per heavy atom. The minimum absolute atomic E-state index is 0.226. The quantitative estimate of drug-likeness (QED) is 0.674. The molecule has 79 valence electrons. The van der Waals surface area contributed by atoms with Crippen LogP contribution < -0.4 is 0 Å². The van der Waals surface area contributed by atoms with Gasteiger partial charge in [0.1, 0.15) is 0 Å². The van der Waals surface area contributed by atoms with E-state index in [1.807, 2.05) is 25.5 Å². The summed E-state index contributed by atoms with van der Waals surface area (Å²) in [6.07, 6.45) is -0.226. The Morgan fingerprint density at radius 3 is 2.56 bits per heavy atom. The third-order valence-corrected chi connectivity index (χ3v) is 2.81. The van der Waals surface area contributed by atoms with Gasteiger partial charge in [-0.15, -0.1) is 0 Å². The first-order valence-corrected chi connectivity index (χ1v) is 5.48. The van der Waals surface area contributed by atoms with Gasteiger partial charge in [0, 0.05) is 18.6 Å². The standard InChI is InChI=1S/C13H12BO2/c1-2-6-11-10(4-1)5-3-7-12(11)13-15-8-14-9-16-13/h1-7,13H,8-9H2. The molecule has 1 aliphatic heterocycles. The van der Waals surface area contributed by atoms with E-state index < -0.39 is 0 Å². The summed E-state index contributed by atoms with van der Waals surface area (Å²) in [5.74, 6) is 0. The van der Waals surface area contributed by atoms with Crippen LogP contribution in [0, 0.1) is 0 Å². The van der Waals surface area contributed by atoms with Crippen molar-refractivity contribution in [2.75, 3.05) is 13.0 Å². The largest absolute Gasteiger partial charge is 0.357 e. The Balaban J connectivity index is 2.08. The lowest BCUT2D eigenvalue weighted by Crippen LogP contribution is -2.24. The maximum atomic E-state index is 5.59. The van der Waals surface area contributed by atoms with Gasteiger partial charge < -0.3 is 9.47 Å². The zero-order valence-corrected chi connectivity index (χ0v) is 8.93. The Labute approximate surface area is 95.4 Å². The molecule has 0 amide bonds. The zero-order valence-electron chi connectivity index (χ0n) is 8.93. The van der Waals surface area contributed by atoms with Crippen molar-refractivity contribution < 1.29 is 9.47 Å². The molecule has 1 heterocycles. The molecule has 0 spiro atoms. The van der Waals surface area contributed by atoms with Gasteiger partial charge in [0.25, 0.3) is 0 Å². The molecule has 1 radical (unpaired) electrons. The van der Waals surface area contributed by atoms with Gasteiger partial charge in [-0.1, -0.05) is 42.5 Å². The normalized spacial score (nSPS) is 17.2. The van der Waals surface area contributed by atoms with Crippen molar-refractivity contribution in [1.29, 1.82) is 0 Å². The highest BCUT2D eigenvalue weighted by Gasteiger charge is 2.18. The van der Waals surface area contributed by atoms with Crippen LogP contribution in [0.5, 0.6) is 0 Å². The van der Waals surface area contributed by atoms with Crippen LogP contribution in [0.4, 0.5) is 0 Å². The SMILES string of the molecule is [B]1COC(c2cccc3ccccc23)OC1. The highest BCUT2D eigenvalue weighted by molar-refractivity contribution is 6.35. The average Bonchev–Trinajstić information content (AvgIpc) is 2.39. The van der Waals surface area contributed by atoms with Gasteiger partial charge in [0.2, 0.25) is 0 Å². The highest BCUT2D eigenvalue weighted by Crippen LogP contribution is 2.28. The molecule has 1 fully saturated rings. The molecule has 16 heavy (non-hydrogen) atoms. The number of hydrogen-bond acceptors (Lipinski definition) is 2. The maximum Gasteiger partial charge on any atom is 0.182 e. The summed E-state index contributed by atoms with van der Waals surface area (Å²) in [5, 5.41) is 2.43. The van der Waals surface area contributed by atoms with Crippen LogP contribution >= 0.6 is 0 Å². The topological polar surface area (TPSA) is 18.5 Å². The van der Waals surface area contributed by atoms with Crippen molar-refractivity contribution in [1.82, 2.24) is 0 Å². The van der Waals surface area contributed by atoms with E-state index in [-0.39, 0.29) is 6.29 Å². The van der Waals surface area contributed by atoms with Crippen molar-refractivity contribution in [3.8, 4) is 0 Å². The zero-order chi connectivity index (χ0) is 10.8. The van der Waals surface area contributed by atoms with Crippen molar-refractivity contribution in [2.45, 2.75) is 6.29 Å². The predicted octanol–water partition coefficient (Wildman–Crippen LogP) is 2.50. The molecule has 0 unspecified atom stereocenters. The molecule has 0 saturated carbocycles. The maximum absolute atomic E-state index is 5.59. The Morgan fingerprint density at radius 1 is 0.938 bits per heavy atom. The molecule has 0 bridgehead atoms. The van der Waals surface area contributed by atoms with Crippen molar-refractivity contribution in [2.24, 2.45) is 0 Å². The molecule has 1 aliphatic rings. The lowest BCUT2D eigenvalue weighted by molar-refractivity contribution is -0.135. The van der Waals surface area contributed by atoms with Gasteiger partial charge in [0.05, 0.1) is 0 Å². The first-order chi connectivity index (χ1) is 7.95. The number of hydrogen-bond donors (Lipinski definition) is 0. The van der Waals surface area contributed by atoms with Crippen LogP contribution in [0.15, 0.2) is 42.5 Å². The van der Waals surface area contributed by atoms with Gasteiger partial charge in [-0.3, -0.25) is 0 Å². The summed E-state index contributed by atoms with van der Waals surface area (Å²) < 4.78 is 11.2. The predicted molar refractivity (Wildman–Crippen MR) is 64.3 cm³/mol. The number of fused-ring (bicyclic) bond motifs is 1. The second kappa shape index (κ2) is 4.28. The highest BCUT2D eigenvalue weighted by atomic mass is 16.7. The minimum Gasteiger partial charge on any atom is -0.357 e. The smallest absolute Gasteiger partial charge is 0.182 e. The van der Waals surface area contributed by atoms with Crippen LogP contribution in [0.25, 0.3) is 10.8 Å². The van der Waals surface area contributed by atoms with Gasteiger partial charge in [0.15, 0.2) is 13.6 Å². The van der Waals surface area contributed by atoms with Gasteiger partial charge in [-0.25, -0.2) is 0 Å². The second-order valence-corrected chi connectivity index (χ2v) is 3.86.